The Kier molecular flexibility index (Phi) is 16.7. The molecule has 280 valence electrons. The van der Waals surface area contributed by atoms with E-state index in [1.165, 1.54) is 50.2 Å². The minimum absolute atomic E-state index is 0.301. The number of hydrogen-bond acceptors (Lipinski definition) is 8. The maximum Gasteiger partial charge on any atom is 0.480 e. The van der Waals surface area contributed by atoms with Gasteiger partial charge in [0.15, 0.2) is 45.6 Å². The summed E-state index contributed by atoms with van der Waals surface area (Å²) in [5.41, 5.74) is -7.56. The van der Waals surface area contributed by atoms with E-state index in [0.29, 0.717) is 24.5 Å². The van der Waals surface area contributed by atoms with Crippen LogP contribution in [0.5, 0.6) is 0 Å². The summed E-state index contributed by atoms with van der Waals surface area (Å²) < 4.78 is 117. The highest BCUT2D eigenvalue weighted by molar-refractivity contribution is 8.13. The quantitative estimate of drug-likeness (QED) is 0.0514. The van der Waals surface area contributed by atoms with E-state index in [4.69, 9.17) is 4.74 Å². The molecule has 3 rings (SSSR count). The van der Waals surface area contributed by atoms with E-state index >= 15 is 0 Å². The Morgan fingerprint density at radius 1 is 0.784 bits per heavy atom. The minimum Gasteiger partial charge on any atom is -0.443 e. The second-order valence-corrected chi connectivity index (χ2v) is 14.3. The molecule has 0 fully saturated rings. The van der Waals surface area contributed by atoms with Crippen LogP contribution in [0.2, 0.25) is 0 Å². The van der Waals surface area contributed by atoms with Gasteiger partial charge in [0, 0.05) is 17.8 Å². The average Bonchev–Trinajstić information content (AvgIpc) is 3.04. The predicted octanol–water partition coefficient (Wildman–Crippen LogP) is 7.74. The van der Waals surface area contributed by atoms with Crippen molar-refractivity contribution >= 4 is 43.6 Å². The number of amides is 1. The third-order valence-electron chi connectivity index (χ3n) is 6.86. The van der Waals surface area contributed by atoms with Crippen LogP contribution >= 0.6 is 0 Å². The number of aromatic nitrogens is 1. The Labute approximate surface area is 291 Å². The molecule has 0 atom stereocenters. The first-order chi connectivity index (χ1) is 23.9. The van der Waals surface area contributed by atoms with Crippen LogP contribution in [0.25, 0.3) is 4.13 Å². The third-order valence-corrected chi connectivity index (χ3v) is 9.60. The zero-order valence-electron chi connectivity index (χ0n) is 27.3. The van der Waals surface area contributed by atoms with Gasteiger partial charge in [-0.15, -0.1) is 0 Å². The first kappa shape index (κ1) is 42.8. The number of alkyl halides is 6. The van der Waals surface area contributed by atoms with Crippen LogP contribution in [0.3, 0.4) is 0 Å². The van der Waals surface area contributed by atoms with Gasteiger partial charge in [0.2, 0.25) is 6.08 Å². The molecule has 0 bridgehead atoms. The molecule has 1 amide bonds. The normalized spacial score (nSPS) is 11.9. The van der Waals surface area contributed by atoms with Crippen LogP contribution in [-0.2, 0) is 49.0 Å². The fourth-order valence-corrected chi connectivity index (χ4v) is 5.92. The Morgan fingerprint density at radius 3 is 1.80 bits per heavy atom. The van der Waals surface area contributed by atoms with Gasteiger partial charge in [0.1, 0.15) is 0 Å². The highest BCUT2D eigenvalue weighted by Crippen LogP contribution is 2.36. The van der Waals surface area contributed by atoms with E-state index in [1.54, 1.807) is 12.1 Å². The van der Waals surface area contributed by atoms with Crippen molar-refractivity contribution < 1.29 is 62.1 Å². The number of isocyanates is 1. The molecule has 2 aromatic carbocycles. The maximum absolute atomic E-state index is 12.2. The van der Waals surface area contributed by atoms with Crippen LogP contribution in [0.4, 0.5) is 42.5 Å². The van der Waals surface area contributed by atoms with Crippen LogP contribution < -0.4 is 9.88 Å². The number of pyridine rings is 1. The number of nitrogens with one attached hydrogen (secondary N) is 1. The van der Waals surface area contributed by atoms with Crippen molar-refractivity contribution in [3.8, 4) is 0 Å². The molecule has 3 aromatic rings. The minimum atomic E-state index is -6.72. The van der Waals surface area contributed by atoms with Crippen LogP contribution in [-0.4, -0.2) is 46.6 Å². The molecule has 0 aliphatic heterocycles. The summed E-state index contributed by atoms with van der Waals surface area (Å²) in [5.74, 6) is 0. The van der Waals surface area contributed by atoms with Gasteiger partial charge in [0.25, 0.3) is 0 Å². The Hall–Kier alpha value is -4.32. The van der Waals surface area contributed by atoms with E-state index in [2.05, 4.69) is 41.8 Å². The van der Waals surface area contributed by atoms with Gasteiger partial charge in [0.05, 0.1) is 5.69 Å². The van der Waals surface area contributed by atoms with E-state index in [9.17, 15) is 52.8 Å². The number of benzene rings is 2. The number of aliphatic imine (C=N–C) groups is 1. The van der Waals surface area contributed by atoms with Gasteiger partial charge in [-0.05, 0) is 60.2 Å². The Morgan fingerprint density at radius 2 is 1.29 bits per heavy atom. The zero-order valence-corrected chi connectivity index (χ0v) is 28.9. The highest BCUT2D eigenvalue weighted by Gasteiger charge is 2.46. The van der Waals surface area contributed by atoms with Crippen molar-refractivity contribution in [2.45, 2.75) is 75.9 Å². The fourth-order valence-electron chi connectivity index (χ4n) is 4.21. The molecule has 0 unspecified atom stereocenters. The number of aryl methyl sites for hydroxylation is 1. The fraction of sp³-hybridized carbons (Fsp3) is 0.406. The molecule has 1 aromatic heterocycles. The molecular formula is C32H36F6N4O7S2. The molecule has 0 radical (unpaired) electrons. The Balaban J connectivity index is 0.000000507. The average molecular weight is 767 g/mol. The summed E-state index contributed by atoms with van der Waals surface area (Å²) in [6, 6.07) is 19.4. The van der Waals surface area contributed by atoms with E-state index < -0.39 is 37.2 Å². The smallest absolute Gasteiger partial charge is 0.443 e. The maximum atomic E-state index is 12.2. The molecule has 0 spiro atoms. The summed E-state index contributed by atoms with van der Waals surface area (Å²) >= 11 is 0. The standard InChI is InChI=1S/C30H35N3O3.C2F6NO4S2/c1-2-3-4-5-6-7-8-25-17-19-33(20-18-25)21-22-36-30(35)32-29-15-11-27(12-16-29)23-26-9-13-28(14-10-26)31-24-34;3-1(4,5)14(10,11)9-15(12,13)2(6,7)8/h9-20H,2-8,21-23H2,1H3;/q;-1/p+1. The second-order valence-electron chi connectivity index (χ2n) is 10.9. The van der Waals surface area contributed by atoms with Crippen LogP contribution in [0.1, 0.15) is 62.1 Å². The van der Waals surface area contributed by atoms with Gasteiger partial charge >= 0.3 is 17.1 Å². The van der Waals surface area contributed by atoms with Gasteiger partial charge in [-0.3, -0.25) is 5.32 Å². The number of carbonyl (C=O) groups excluding carboxylic acids is 2. The number of rotatable bonds is 16. The summed E-state index contributed by atoms with van der Waals surface area (Å²) in [5, 5.41) is 2.77. The zero-order chi connectivity index (χ0) is 38.1. The largest absolute Gasteiger partial charge is 0.480 e. The number of carbonyl (C=O) groups is 1. The number of halogens is 6. The van der Waals surface area contributed by atoms with Gasteiger partial charge < -0.3 is 8.86 Å². The summed E-state index contributed by atoms with van der Waals surface area (Å²) in [4.78, 5) is 26.1. The first-order valence-corrected chi connectivity index (χ1v) is 18.3. The van der Waals surface area contributed by atoms with Crippen molar-refractivity contribution in [3.05, 3.63) is 93.9 Å². The topological polar surface area (TPSA) is 154 Å². The third kappa shape index (κ3) is 15.6. The predicted molar refractivity (Wildman–Crippen MR) is 175 cm³/mol. The molecule has 0 saturated carbocycles. The van der Waals surface area contributed by atoms with Gasteiger partial charge in [-0.2, -0.15) is 31.3 Å². The summed E-state index contributed by atoms with van der Waals surface area (Å²) in [7, 11) is -13.4. The monoisotopic (exact) mass is 766 g/mol. The number of unbranched alkanes of at least 4 members (excludes halogenated alkanes) is 5. The van der Waals surface area contributed by atoms with E-state index in [1.807, 2.05) is 41.0 Å². The first-order valence-electron chi connectivity index (χ1n) is 15.4. The van der Waals surface area contributed by atoms with Crippen molar-refractivity contribution in [2.75, 3.05) is 11.9 Å². The molecule has 19 heteroatoms. The molecule has 51 heavy (non-hydrogen) atoms. The number of ether oxygens (including phenoxy) is 1. The number of anilines is 1. The van der Waals surface area contributed by atoms with Crippen molar-refractivity contribution in [1.82, 2.24) is 0 Å². The Bertz CT molecular complexity index is 1750. The number of sulfonamides is 2. The van der Waals surface area contributed by atoms with Gasteiger partial charge in [-0.1, -0.05) is 63.3 Å². The molecule has 0 saturated heterocycles. The molecule has 11 nitrogen and oxygen atoms in total. The number of nitrogens with zero attached hydrogens (tertiary/aromatic N) is 3. The molecule has 1 N–H and O–H groups in total. The van der Waals surface area contributed by atoms with Crippen LogP contribution in [0, 0.1) is 0 Å². The van der Waals surface area contributed by atoms with Crippen molar-refractivity contribution in [2.24, 2.45) is 4.99 Å². The SMILES string of the molecule is CCCCCCCCc1cc[n+](CCOC(=O)Nc2ccc(Cc3ccc(N=C=O)cc3)cc2)cc1.O=S(=O)([N-]S(=O)(=O)C(F)(F)F)C(F)(F)F. The number of hydrogen-bond donors (Lipinski definition) is 1. The van der Waals surface area contributed by atoms with Crippen molar-refractivity contribution in [3.63, 3.8) is 0 Å². The van der Waals surface area contributed by atoms with Crippen molar-refractivity contribution in [1.29, 1.82) is 0 Å². The highest BCUT2D eigenvalue weighted by atomic mass is 32.3. The van der Waals surface area contributed by atoms with E-state index in [-0.39, 0.29) is 0 Å². The lowest BCUT2D eigenvalue weighted by Gasteiger charge is -2.22. The molecule has 0 aliphatic rings. The second kappa shape index (κ2) is 19.9. The lowest BCUT2D eigenvalue weighted by Crippen LogP contribution is -2.36. The molecule has 1 heterocycles. The summed E-state index contributed by atoms with van der Waals surface area (Å²) in [6.45, 7) is 3.16. The summed E-state index contributed by atoms with van der Waals surface area (Å²) in [6.07, 6.45) is 14.9. The molecule has 0 aliphatic carbocycles. The van der Waals surface area contributed by atoms with Gasteiger partial charge in [-0.25, -0.2) is 31.0 Å². The lowest BCUT2D eigenvalue weighted by molar-refractivity contribution is -0.697. The van der Waals surface area contributed by atoms with Crippen LogP contribution in [0.15, 0.2) is 78.0 Å². The molecular weight excluding hydrogens is 730 g/mol. The lowest BCUT2D eigenvalue weighted by atomic mass is 10.0. The van der Waals surface area contributed by atoms with E-state index in [0.717, 1.165) is 28.1 Å².